The van der Waals surface area contributed by atoms with Crippen molar-refractivity contribution in [2.24, 2.45) is 0 Å². The summed E-state index contributed by atoms with van der Waals surface area (Å²) >= 11 is 0. The zero-order valence-electron chi connectivity index (χ0n) is 79.1. The minimum Gasteiger partial charge on any atom is -0.493 e. The summed E-state index contributed by atoms with van der Waals surface area (Å²) in [5, 5.41) is 0. The van der Waals surface area contributed by atoms with E-state index in [9.17, 15) is 0 Å². The molecule has 0 atom stereocenters. The summed E-state index contributed by atoms with van der Waals surface area (Å²) < 4.78 is 73.5. The fourth-order valence-corrected chi connectivity index (χ4v) is 25.0. The van der Waals surface area contributed by atoms with Gasteiger partial charge in [0.2, 0.25) is 0 Å². The fourth-order valence-electron chi connectivity index (χ4n) is 14.2. The first-order valence-corrected chi connectivity index (χ1v) is 76.5. The van der Waals surface area contributed by atoms with E-state index >= 15 is 0 Å². The van der Waals surface area contributed by atoms with Crippen molar-refractivity contribution in [3.63, 3.8) is 0 Å². The molecule has 10 nitrogen and oxygen atoms in total. The summed E-state index contributed by atoms with van der Waals surface area (Å²) in [6.45, 7) is 79.4. The molecule has 20 heteroatoms. The van der Waals surface area contributed by atoms with Gasteiger partial charge in [-0.15, -0.1) is 0 Å². The third-order valence-electron chi connectivity index (χ3n) is 20.4. The van der Waals surface area contributed by atoms with Crippen LogP contribution in [0.2, 0.25) is 0 Å². The van der Waals surface area contributed by atoms with E-state index in [4.69, 9.17) is 47.4 Å². The Labute approximate surface area is 712 Å². The first kappa shape index (κ1) is 102. The van der Waals surface area contributed by atoms with Crippen molar-refractivity contribution in [2.45, 2.75) is 96.3 Å². The summed E-state index contributed by atoms with van der Waals surface area (Å²) in [6.07, 6.45) is 23.9. The lowest BCUT2D eigenvalue weighted by atomic mass is 9.94. The molecule has 10 aliphatic carbocycles. The number of hydrogen-bond acceptors (Lipinski definition) is 10. The zero-order valence-corrected chi connectivity index (χ0v) is 88.0. The smallest absolute Gasteiger partial charge is 0.123 e. The molecule has 0 heterocycles. The Morgan fingerprint density at radius 3 is 0.296 bits per heavy atom. The van der Waals surface area contributed by atoms with Crippen molar-refractivity contribution in [1.82, 2.24) is 0 Å². The van der Waals surface area contributed by atoms with Crippen LogP contribution in [0.1, 0.15) is 120 Å². The van der Waals surface area contributed by atoms with Gasteiger partial charge in [0.15, 0.2) is 0 Å². The van der Waals surface area contributed by atoms with Crippen molar-refractivity contribution >= 4 is 72.6 Å². The first-order chi connectivity index (χ1) is 53.2. The predicted octanol–water partition coefficient (Wildman–Crippen LogP) is 24.7. The lowest BCUT2D eigenvalue weighted by Crippen LogP contribution is -2.11. The number of rotatable bonds is 50. The van der Waals surface area contributed by atoms with Crippen molar-refractivity contribution in [3.8, 4) is 57.5 Å². The number of hydrogen-bond donors (Lipinski definition) is 0. The van der Waals surface area contributed by atoms with Crippen LogP contribution in [0.5, 0.6) is 57.5 Å². The lowest BCUT2D eigenvalue weighted by Gasteiger charge is -2.23. The highest BCUT2D eigenvalue weighted by molar-refractivity contribution is 7.76. The van der Waals surface area contributed by atoms with Gasteiger partial charge in [0.1, 0.15) is 57.5 Å². The maximum absolute atomic E-state index is 7.35. The van der Waals surface area contributed by atoms with Crippen LogP contribution in [0.4, 0.5) is 0 Å². The summed E-state index contributed by atoms with van der Waals surface area (Å²) in [5.41, 5.74) is 10.7. The number of ether oxygens (including phenoxy) is 10. The van der Waals surface area contributed by atoms with E-state index in [1.165, 1.54) is 0 Å². The summed E-state index contributed by atoms with van der Waals surface area (Å²) in [7, 11) is -10.9. The molecule has 10 bridgehead atoms. The molecular weight excluding hydrogens is 1610 g/mol. The molecule has 15 rings (SSSR count). The van der Waals surface area contributed by atoms with Crippen LogP contribution in [-0.4, -0.2) is 328 Å². The van der Waals surface area contributed by atoms with E-state index in [-0.39, 0.29) is 0 Å². The summed E-state index contributed by atoms with van der Waals surface area (Å²) in [5.74, 6) is 8.81. The monoisotopic (exact) mass is 1780 g/mol. The Balaban J connectivity index is 1.86. The molecule has 0 radical (unpaired) electrons. The van der Waals surface area contributed by atoms with Crippen LogP contribution < -0.4 is 47.4 Å². The SMILES string of the molecule is C[P+](C)(C)CCCOc1cc2c(OCCC[P+](C)(C)C)cc1Cc1cc(OCCC[P+](C)(C)C)c(cc1OCCC[P+](C)(C)C)Cc1cc(OCCC[P+](C)(C)C)c(cc1OCCC[P+](C)(C)C)Cc1cc(OCCC[P+](C)(C)C)c(cc1OCCC[P+](C)(C)C)Cc1cc(OCCC[P+](C)(C)C)c(cc1OCCC[P+](C)(C)C)C2. The molecule has 0 spiro atoms. The molecule has 650 valence electrons. The van der Waals surface area contributed by atoms with E-state index in [0.717, 1.165) is 239 Å². The molecule has 0 saturated carbocycles. The standard InChI is InChI=1S/C95H170O10P10/c1-106(2,3)51-31-41-96-86-66-77-62-79-69-91(101-46-36-56-111(16,17)18)81(71-90(79)100-45-35-55-110(13,14)15)64-83-73-95(105-50-40-60-115(28,29)30)85(75-94(83)104-49-39-59-114(25,26)27)65-84-74-92(102-47-37-57-112(19,20)21)82(72-93(84)103-48-38-58-113(22,23)24)63-80-70-88(98-43-33-53-108(7,8)9)78(68-89(80)99-44-34-54-109(10,11)12)61-76(86)67-87(77)97-42-32-52-107(4,5)6/h66-75H,31-65H2,1-30H3/q+10. The quantitative estimate of drug-likeness (QED) is 0.0272. The van der Waals surface area contributed by atoms with Gasteiger partial charge in [0.05, 0.1) is 128 Å². The van der Waals surface area contributed by atoms with Crippen molar-refractivity contribution in [2.75, 3.05) is 328 Å². The Morgan fingerprint density at radius 1 is 0.148 bits per heavy atom. The summed E-state index contributed by atoms with van der Waals surface area (Å²) in [4.78, 5) is 0. The average Bonchev–Trinajstić information content (AvgIpc) is 1.35. The fraction of sp³-hybridized carbons (Fsp3) is 0.684. The Morgan fingerprint density at radius 2 is 0.226 bits per heavy atom. The number of benzene rings is 5. The maximum Gasteiger partial charge on any atom is 0.123 e. The molecule has 0 unspecified atom stereocenters. The largest absolute Gasteiger partial charge is 0.493 e. The second-order valence-electron chi connectivity index (χ2n) is 43.4. The third kappa shape index (κ3) is 43.0. The van der Waals surface area contributed by atoms with Crippen LogP contribution in [0.3, 0.4) is 0 Å². The molecule has 5 aromatic rings. The van der Waals surface area contributed by atoms with Gasteiger partial charge in [0.25, 0.3) is 0 Å². The van der Waals surface area contributed by atoms with Crippen LogP contribution in [0, 0.1) is 0 Å². The van der Waals surface area contributed by atoms with E-state index in [2.05, 4.69) is 261 Å². The molecular formula is C95H170O10P10+10. The van der Waals surface area contributed by atoms with Crippen molar-refractivity contribution < 1.29 is 47.4 Å². The molecule has 0 fully saturated rings. The highest BCUT2D eigenvalue weighted by Gasteiger charge is 2.30. The average molecular weight is 1780 g/mol. The minimum absolute atomic E-state index is 0.549. The van der Waals surface area contributed by atoms with E-state index in [1.807, 2.05) is 0 Å². The minimum atomic E-state index is -1.09. The molecule has 10 aliphatic rings. The molecule has 115 heavy (non-hydrogen) atoms. The van der Waals surface area contributed by atoms with Gasteiger partial charge in [-0.25, -0.2) is 0 Å². The Kier molecular flexibility index (Phi) is 41.2. The molecule has 0 aliphatic heterocycles. The first-order valence-electron chi connectivity index (χ1n) is 43.3. The van der Waals surface area contributed by atoms with Crippen molar-refractivity contribution in [3.05, 3.63) is 116 Å². The molecule has 0 N–H and O–H groups in total. The van der Waals surface area contributed by atoms with Crippen molar-refractivity contribution in [1.29, 1.82) is 0 Å². The van der Waals surface area contributed by atoms with E-state index in [0.29, 0.717) is 98.2 Å². The van der Waals surface area contributed by atoms with Crippen LogP contribution in [0.15, 0.2) is 60.7 Å². The highest BCUT2D eigenvalue weighted by atomic mass is 31.2. The van der Waals surface area contributed by atoms with Gasteiger partial charge >= 0.3 is 0 Å². The Hall–Kier alpha value is -1.60. The predicted molar refractivity (Wildman–Crippen MR) is 543 cm³/mol. The van der Waals surface area contributed by atoms with Crippen LogP contribution in [-0.2, 0) is 32.1 Å². The van der Waals surface area contributed by atoms with E-state index in [1.54, 1.807) is 0 Å². The maximum atomic E-state index is 7.35. The van der Waals surface area contributed by atoms with Gasteiger partial charge < -0.3 is 47.4 Å². The van der Waals surface area contributed by atoms with Crippen LogP contribution >= 0.6 is 72.6 Å². The topological polar surface area (TPSA) is 92.3 Å². The molecule has 0 saturated heterocycles. The summed E-state index contributed by atoms with van der Waals surface area (Å²) in [6, 6.07) is 23.4. The second kappa shape index (κ2) is 46.4. The lowest BCUT2D eigenvalue weighted by molar-refractivity contribution is 0.300. The zero-order chi connectivity index (χ0) is 85.4. The normalized spacial score (nSPS) is 13.7. The third-order valence-corrected chi connectivity index (χ3v) is 37.0. The Bertz CT molecular complexity index is 2960. The molecule has 0 amide bonds. The van der Waals surface area contributed by atoms with Gasteiger partial charge in [-0.2, -0.15) is 0 Å². The second-order valence-corrected chi connectivity index (χ2v) is 93.7. The van der Waals surface area contributed by atoms with E-state index < -0.39 is 72.6 Å². The van der Waals surface area contributed by atoms with Gasteiger partial charge in [-0.1, -0.05) is 0 Å². The van der Waals surface area contributed by atoms with Gasteiger partial charge in [-0.05, 0) is 60.7 Å². The molecule has 0 aromatic heterocycles. The molecule has 5 aromatic carbocycles. The highest BCUT2D eigenvalue weighted by Crippen LogP contribution is 2.54. The van der Waals surface area contributed by atoms with Gasteiger partial charge in [-0.3, -0.25) is 0 Å². The van der Waals surface area contributed by atoms with Crippen LogP contribution in [0.25, 0.3) is 0 Å². The van der Waals surface area contributed by atoms with Gasteiger partial charge in [0, 0.05) is 425 Å².